The first-order chi connectivity index (χ1) is 34.5. The first kappa shape index (κ1) is 65.3. The molecule has 0 amide bonds. The maximum Gasteiger partial charge on any atom is 0.306 e. The molecule has 392 valence electrons. The SMILES string of the molecule is CC\C=C/C=C\C=C/CCCCCCCCCC(=O)OCC(COC(=O)CCCCC/C=C\C/C=C\C/C=C\C/C=C\C/C=C\CC)OC(=O)CCCCCCC\C=C/C=C\C=C/C=C\CCCCC. The number of allylic oxidation sites excluding steroid dienone is 24. The van der Waals surface area contributed by atoms with Gasteiger partial charge in [-0.2, -0.15) is 0 Å². The van der Waals surface area contributed by atoms with Gasteiger partial charge in [-0.25, -0.2) is 0 Å². The first-order valence-electron chi connectivity index (χ1n) is 27.9. The molecule has 6 heteroatoms. The molecule has 0 rings (SSSR count). The molecule has 0 aliphatic carbocycles. The third-order valence-corrected chi connectivity index (χ3v) is 11.2. The quantitative estimate of drug-likeness (QED) is 0.0199. The maximum absolute atomic E-state index is 12.9. The van der Waals surface area contributed by atoms with Crippen molar-refractivity contribution in [3.63, 3.8) is 0 Å². The summed E-state index contributed by atoms with van der Waals surface area (Å²) >= 11 is 0. The Morgan fingerprint density at radius 2 is 0.629 bits per heavy atom. The summed E-state index contributed by atoms with van der Waals surface area (Å²) in [4.78, 5) is 38.2. The number of hydrogen-bond donors (Lipinski definition) is 0. The van der Waals surface area contributed by atoms with E-state index in [4.69, 9.17) is 14.2 Å². The zero-order valence-corrected chi connectivity index (χ0v) is 44.7. The molecule has 1 unspecified atom stereocenters. The Bertz CT molecular complexity index is 1580. The van der Waals surface area contributed by atoms with Gasteiger partial charge in [-0.15, -0.1) is 0 Å². The molecule has 70 heavy (non-hydrogen) atoms. The molecule has 0 aromatic heterocycles. The smallest absolute Gasteiger partial charge is 0.306 e. The first-order valence-corrected chi connectivity index (χ1v) is 27.9. The fourth-order valence-corrected chi connectivity index (χ4v) is 7.07. The molecule has 1 atom stereocenters. The topological polar surface area (TPSA) is 78.9 Å². The summed E-state index contributed by atoms with van der Waals surface area (Å²) in [5.74, 6) is -0.986. The van der Waals surface area contributed by atoms with Crippen molar-refractivity contribution in [1.29, 1.82) is 0 Å². The van der Waals surface area contributed by atoms with Crippen molar-refractivity contribution in [2.45, 2.75) is 226 Å². The molecular weight excluding hydrogens is 865 g/mol. The lowest BCUT2D eigenvalue weighted by Gasteiger charge is -2.18. The van der Waals surface area contributed by atoms with Gasteiger partial charge in [0.2, 0.25) is 0 Å². The second-order valence-electron chi connectivity index (χ2n) is 17.9. The summed E-state index contributed by atoms with van der Waals surface area (Å²) in [5, 5.41) is 0. The highest BCUT2D eigenvalue weighted by atomic mass is 16.6. The zero-order valence-electron chi connectivity index (χ0n) is 44.7. The van der Waals surface area contributed by atoms with Crippen molar-refractivity contribution in [3.8, 4) is 0 Å². The summed E-state index contributed by atoms with van der Waals surface area (Å²) in [7, 11) is 0. The second-order valence-corrected chi connectivity index (χ2v) is 17.9. The fraction of sp³-hybridized carbons (Fsp3) is 0.578. The van der Waals surface area contributed by atoms with Crippen LogP contribution in [0.1, 0.15) is 220 Å². The predicted molar refractivity (Wildman–Crippen MR) is 302 cm³/mol. The lowest BCUT2D eigenvalue weighted by molar-refractivity contribution is -0.167. The molecule has 0 fully saturated rings. The van der Waals surface area contributed by atoms with Gasteiger partial charge in [0, 0.05) is 19.3 Å². The highest BCUT2D eigenvalue weighted by Crippen LogP contribution is 2.13. The van der Waals surface area contributed by atoms with Crippen LogP contribution >= 0.6 is 0 Å². The number of carbonyl (C=O) groups is 3. The maximum atomic E-state index is 12.9. The van der Waals surface area contributed by atoms with Gasteiger partial charge >= 0.3 is 17.9 Å². The van der Waals surface area contributed by atoms with E-state index in [1.165, 1.54) is 44.9 Å². The van der Waals surface area contributed by atoms with Gasteiger partial charge in [0.05, 0.1) is 0 Å². The fourth-order valence-electron chi connectivity index (χ4n) is 7.07. The zero-order chi connectivity index (χ0) is 50.7. The highest BCUT2D eigenvalue weighted by molar-refractivity contribution is 5.71. The van der Waals surface area contributed by atoms with E-state index in [1.54, 1.807) is 0 Å². The molecular formula is C64H100O6. The lowest BCUT2D eigenvalue weighted by Crippen LogP contribution is -2.30. The summed E-state index contributed by atoms with van der Waals surface area (Å²) < 4.78 is 16.8. The molecule has 0 aliphatic rings. The van der Waals surface area contributed by atoms with E-state index in [9.17, 15) is 14.4 Å². The van der Waals surface area contributed by atoms with E-state index >= 15 is 0 Å². The molecule has 0 spiro atoms. The molecule has 0 aromatic rings. The average Bonchev–Trinajstić information content (AvgIpc) is 3.36. The Morgan fingerprint density at radius 3 is 1.06 bits per heavy atom. The van der Waals surface area contributed by atoms with Gasteiger partial charge in [0.1, 0.15) is 13.2 Å². The van der Waals surface area contributed by atoms with Crippen LogP contribution < -0.4 is 0 Å². The predicted octanol–water partition coefficient (Wildman–Crippen LogP) is 18.8. The lowest BCUT2D eigenvalue weighted by atomic mass is 10.1. The van der Waals surface area contributed by atoms with Crippen molar-refractivity contribution < 1.29 is 28.6 Å². The summed E-state index contributed by atoms with van der Waals surface area (Å²) in [6.45, 7) is 6.28. The number of unbranched alkanes of at least 4 members (excludes halogenated alkanes) is 18. The van der Waals surface area contributed by atoms with Crippen LogP contribution in [-0.2, 0) is 28.6 Å². The van der Waals surface area contributed by atoms with Crippen LogP contribution in [0.5, 0.6) is 0 Å². The Labute approximate surface area is 429 Å². The van der Waals surface area contributed by atoms with Gasteiger partial charge in [0.25, 0.3) is 0 Å². The molecule has 6 nitrogen and oxygen atoms in total. The second kappa shape index (κ2) is 56.9. The van der Waals surface area contributed by atoms with E-state index in [0.29, 0.717) is 12.8 Å². The van der Waals surface area contributed by atoms with Crippen molar-refractivity contribution >= 4 is 17.9 Å². The third-order valence-electron chi connectivity index (χ3n) is 11.2. The number of carbonyl (C=O) groups excluding carboxylic acids is 3. The minimum atomic E-state index is -0.817. The Hall–Kier alpha value is -4.71. The Kier molecular flexibility index (Phi) is 53.0. The van der Waals surface area contributed by atoms with Gasteiger partial charge in [-0.1, -0.05) is 237 Å². The van der Waals surface area contributed by atoms with Gasteiger partial charge in [-0.05, 0) is 109 Å². The van der Waals surface area contributed by atoms with E-state index in [1.807, 2.05) is 0 Å². The largest absolute Gasteiger partial charge is 0.462 e. The average molecular weight is 965 g/mol. The number of ether oxygens (including phenoxy) is 3. The standard InChI is InChI=1S/C64H100O6/c1-4-7-10-13-16-19-22-25-28-30-32-34-36-39-42-45-48-51-54-57-63(66)69-60-61(59-68-62(65)56-53-50-47-44-41-38-35-27-24-21-18-15-12-9-6-3)70-64(67)58-55-52-49-46-43-40-37-33-31-29-26-23-20-17-14-11-8-5-2/h7,9-10,12,15-21,23-26,28-29,31-34,37,39,42,61H,4-6,8,11,13-14,22,27,30,35-36,38,40-41,43-60H2,1-3H3/b10-7-,12-9-,18-15-,19-16-,20-17-,24-21-,26-23-,28-25-,31-29-,34-32-,37-33-,42-39-. The molecule has 0 saturated carbocycles. The van der Waals surface area contributed by atoms with E-state index < -0.39 is 6.10 Å². The molecule has 0 aromatic carbocycles. The van der Waals surface area contributed by atoms with E-state index in [2.05, 4.69) is 167 Å². The Morgan fingerprint density at radius 1 is 0.314 bits per heavy atom. The van der Waals surface area contributed by atoms with E-state index in [0.717, 1.165) is 135 Å². The highest BCUT2D eigenvalue weighted by Gasteiger charge is 2.19. The van der Waals surface area contributed by atoms with Crippen molar-refractivity contribution in [2.24, 2.45) is 0 Å². The van der Waals surface area contributed by atoms with Crippen LogP contribution in [0.25, 0.3) is 0 Å². The van der Waals surface area contributed by atoms with Crippen molar-refractivity contribution in [2.75, 3.05) is 13.2 Å². The van der Waals surface area contributed by atoms with Crippen molar-refractivity contribution in [1.82, 2.24) is 0 Å². The minimum absolute atomic E-state index is 0.111. The van der Waals surface area contributed by atoms with Crippen LogP contribution in [0.15, 0.2) is 146 Å². The van der Waals surface area contributed by atoms with Crippen LogP contribution in [0.3, 0.4) is 0 Å². The van der Waals surface area contributed by atoms with Crippen LogP contribution in [-0.4, -0.2) is 37.2 Å². The number of hydrogen-bond acceptors (Lipinski definition) is 6. The minimum Gasteiger partial charge on any atom is -0.462 e. The molecule has 0 bridgehead atoms. The number of rotatable bonds is 48. The molecule has 0 aliphatic heterocycles. The number of esters is 3. The van der Waals surface area contributed by atoms with Gasteiger partial charge in [0.15, 0.2) is 6.10 Å². The third kappa shape index (κ3) is 54.2. The van der Waals surface area contributed by atoms with Gasteiger partial charge in [-0.3, -0.25) is 14.4 Å². The van der Waals surface area contributed by atoms with Crippen LogP contribution in [0, 0.1) is 0 Å². The Balaban J connectivity index is 4.55. The van der Waals surface area contributed by atoms with E-state index in [-0.39, 0.29) is 37.5 Å². The molecule has 0 N–H and O–H groups in total. The summed E-state index contributed by atoms with van der Waals surface area (Å²) in [6.07, 6.45) is 81.1. The molecule has 0 saturated heterocycles. The van der Waals surface area contributed by atoms with Crippen LogP contribution in [0.4, 0.5) is 0 Å². The normalized spacial score (nSPS) is 13.2. The molecule has 0 radical (unpaired) electrons. The van der Waals surface area contributed by atoms with Crippen molar-refractivity contribution in [3.05, 3.63) is 146 Å². The molecule has 0 heterocycles. The monoisotopic (exact) mass is 965 g/mol. The van der Waals surface area contributed by atoms with Crippen LogP contribution in [0.2, 0.25) is 0 Å². The summed E-state index contributed by atoms with van der Waals surface area (Å²) in [6, 6.07) is 0. The van der Waals surface area contributed by atoms with Gasteiger partial charge < -0.3 is 14.2 Å². The summed E-state index contributed by atoms with van der Waals surface area (Å²) in [5.41, 5.74) is 0.